The van der Waals surface area contributed by atoms with Crippen molar-refractivity contribution in [3.8, 4) is 0 Å². The number of amides is 3. The van der Waals surface area contributed by atoms with Gasteiger partial charge in [-0.05, 0) is 36.1 Å². The predicted octanol–water partition coefficient (Wildman–Crippen LogP) is 2.29. The molecule has 148 valence electrons. The number of aromatic nitrogens is 1. The topological polar surface area (TPSA) is 92.2 Å². The van der Waals surface area contributed by atoms with Crippen LogP contribution in [0.15, 0.2) is 60.8 Å². The zero-order chi connectivity index (χ0) is 20.2. The Labute approximate surface area is 168 Å². The molecule has 3 amide bonds. The molecule has 0 unspecified atom stereocenters. The van der Waals surface area contributed by atoms with E-state index in [2.05, 4.69) is 38.7 Å². The minimum absolute atomic E-state index is 0.0992. The zero-order valence-corrected chi connectivity index (χ0v) is 15.9. The Bertz CT molecular complexity index is 1070. The van der Waals surface area contributed by atoms with Gasteiger partial charge in [0.05, 0.1) is 17.7 Å². The number of hydrogen-bond acceptors (Lipinski definition) is 3. The number of carbonyl (C=O) groups is 3. The van der Waals surface area contributed by atoms with E-state index in [-0.39, 0.29) is 18.2 Å². The van der Waals surface area contributed by atoms with Gasteiger partial charge in [0.2, 0.25) is 11.8 Å². The Balaban J connectivity index is 1.27. The standard InChI is InChI=1S/C22H22N4O3/c27-20(23-11-5-12-26-13-10-15-6-1-4-9-19(15)26)14-18-22(29)24-17-8-3-2-7-16(17)21(28)25-18/h1-4,6-10,13,18H,5,11-12,14H2,(H,23,27)(H,24,29)(H,25,28)/t18-/m0/s1. The number of aryl methyl sites for hydroxylation is 1. The molecule has 2 heterocycles. The van der Waals surface area contributed by atoms with Gasteiger partial charge < -0.3 is 20.5 Å². The molecule has 3 aromatic rings. The summed E-state index contributed by atoms with van der Waals surface area (Å²) in [7, 11) is 0. The highest BCUT2D eigenvalue weighted by molar-refractivity contribution is 6.10. The van der Waals surface area contributed by atoms with Gasteiger partial charge in [0.25, 0.3) is 5.91 Å². The van der Waals surface area contributed by atoms with Crippen molar-refractivity contribution in [2.45, 2.75) is 25.4 Å². The van der Waals surface area contributed by atoms with Crippen LogP contribution in [0.1, 0.15) is 23.2 Å². The van der Waals surface area contributed by atoms with E-state index in [0.717, 1.165) is 18.5 Å². The molecule has 0 bridgehead atoms. The van der Waals surface area contributed by atoms with Crippen molar-refractivity contribution in [3.05, 3.63) is 66.4 Å². The number of carbonyl (C=O) groups excluding carboxylic acids is 3. The quantitative estimate of drug-likeness (QED) is 0.564. The monoisotopic (exact) mass is 390 g/mol. The van der Waals surface area contributed by atoms with Crippen molar-refractivity contribution < 1.29 is 14.4 Å². The lowest BCUT2D eigenvalue weighted by atomic mass is 10.1. The first-order valence-corrected chi connectivity index (χ1v) is 9.63. The summed E-state index contributed by atoms with van der Waals surface area (Å²) in [4.78, 5) is 36.9. The Hall–Kier alpha value is -3.61. The molecule has 0 saturated carbocycles. The summed E-state index contributed by atoms with van der Waals surface area (Å²) in [5, 5.41) is 9.36. The zero-order valence-electron chi connectivity index (χ0n) is 15.9. The summed E-state index contributed by atoms with van der Waals surface area (Å²) in [6, 6.07) is 16.1. The van der Waals surface area contributed by atoms with Crippen LogP contribution < -0.4 is 16.0 Å². The summed E-state index contributed by atoms with van der Waals surface area (Å²) in [6.07, 6.45) is 2.70. The minimum atomic E-state index is -0.900. The molecule has 7 heteroatoms. The first-order valence-electron chi connectivity index (χ1n) is 9.63. The Morgan fingerprint density at radius 3 is 2.72 bits per heavy atom. The number of nitrogens with one attached hydrogen (secondary N) is 3. The maximum absolute atomic E-state index is 12.4. The van der Waals surface area contributed by atoms with Gasteiger partial charge in [-0.1, -0.05) is 30.3 Å². The lowest BCUT2D eigenvalue weighted by molar-refractivity contribution is -0.125. The second-order valence-corrected chi connectivity index (χ2v) is 7.04. The van der Waals surface area contributed by atoms with Crippen LogP contribution in [-0.2, 0) is 16.1 Å². The third-order valence-corrected chi connectivity index (χ3v) is 5.02. The Morgan fingerprint density at radius 2 is 1.83 bits per heavy atom. The normalized spacial score (nSPS) is 15.9. The van der Waals surface area contributed by atoms with Gasteiger partial charge in [-0.15, -0.1) is 0 Å². The SMILES string of the molecule is O=C(C[C@@H]1NC(=O)c2ccccc2NC1=O)NCCCn1ccc2ccccc21. The van der Waals surface area contributed by atoms with Crippen molar-refractivity contribution in [2.75, 3.05) is 11.9 Å². The lowest BCUT2D eigenvalue weighted by Gasteiger charge is -2.14. The highest BCUT2D eigenvalue weighted by Gasteiger charge is 2.29. The Kier molecular flexibility index (Phi) is 5.29. The van der Waals surface area contributed by atoms with Crippen LogP contribution in [0.2, 0.25) is 0 Å². The summed E-state index contributed by atoms with van der Waals surface area (Å²) in [6.45, 7) is 1.28. The second-order valence-electron chi connectivity index (χ2n) is 7.04. The van der Waals surface area contributed by atoms with Crippen LogP contribution in [-0.4, -0.2) is 34.9 Å². The average molecular weight is 390 g/mol. The van der Waals surface area contributed by atoms with Crippen molar-refractivity contribution in [3.63, 3.8) is 0 Å². The number of anilines is 1. The molecule has 4 rings (SSSR count). The van der Waals surface area contributed by atoms with Gasteiger partial charge in [0, 0.05) is 24.8 Å². The van der Waals surface area contributed by atoms with Crippen LogP contribution in [0.3, 0.4) is 0 Å². The van der Waals surface area contributed by atoms with Gasteiger partial charge in [-0.25, -0.2) is 0 Å². The Morgan fingerprint density at radius 1 is 1.03 bits per heavy atom. The van der Waals surface area contributed by atoms with Gasteiger partial charge in [0.1, 0.15) is 6.04 Å². The molecule has 1 aromatic heterocycles. The van der Waals surface area contributed by atoms with E-state index in [0.29, 0.717) is 17.8 Å². The highest BCUT2D eigenvalue weighted by Crippen LogP contribution is 2.19. The number of hydrogen-bond donors (Lipinski definition) is 3. The molecular formula is C22H22N4O3. The van der Waals surface area contributed by atoms with Crippen molar-refractivity contribution in [1.29, 1.82) is 0 Å². The van der Waals surface area contributed by atoms with E-state index in [4.69, 9.17) is 0 Å². The molecular weight excluding hydrogens is 368 g/mol. The summed E-state index contributed by atoms with van der Waals surface area (Å²) >= 11 is 0. The molecule has 0 fully saturated rings. The third kappa shape index (κ3) is 4.13. The van der Waals surface area contributed by atoms with Crippen LogP contribution in [0.5, 0.6) is 0 Å². The van der Waals surface area contributed by atoms with Gasteiger partial charge >= 0.3 is 0 Å². The molecule has 7 nitrogen and oxygen atoms in total. The molecule has 1 aliphatic heterocycles. The maximum atomic E-state index is 12.4. The largest absolute Gasteiger partial charge is 0.356 e. The van der Waals surface area contributed by atoms with Crippen molar-refractivity contribution >= 4 is 34.3 Å². The summed E-state index contributed by atoms with van der Waals surface area (Å²) in [5.74, 6) is -1.03. The molecule has 0 spiro atoms. The maximum Gasteiger partial charge on any atom is 0.254 e. The molecule has 2 aromatic carbocycles. The van der Waals surface area contributed by atoms with Crippen molar-refractivity contribution in [1.82, 2.24) is 15.2 Å². The second kappa shape index (κ2) is 8.18. The molecule has 1 aliphatic rings. The predicted molar refractivity (Wildman–Crippen MR) is 111 cm³/mol. The summed E-state index contributed by atoms with van der Waals surface area (Å²) in [5.41, 5.74) is 2.01. The van der Waals surface area contributed by atoms with E-state index in [1.165, 1.54) is 5.39 Å². The molecule has 29 heavy (non-hydrogen) atoms. The van der Waals surface area contributed by atoms with E-state index in [1.54, 1.807) is 24.3 Å². The van der Waals surface area contributed by atoms with Crippen LogP contribution in [0.25, 0.3) is 10.9 Å². The van der Waals surface area contributed by atoms with Gasteiger partial charge in [-0.2, -0.15) is 0 Å². The number of fused-ring (bicyclic) bond motifs is 2. The van der Waals surface area contributed by atoms with E-state index >= 15 is 0 Å². The fourth-order valence-electron chi connectivity index (χ4n) is 3.53. The smallest absolute Gasteiger partial charge is 0.254 e. The van der Waals surface area contributed by atoms with Crippen molar-refractivity contribution in [2.24, 2.45) is 0 Å². The fraction of sp³-hybridized carbons (Fsp3) is 0.227. The summed E-state index contributed by atoms with van der Waals surface area (Å²) < 4.78 is 2.15. The van der Waals surface area contributed by atoms with Crippen LogP contribution in [0, 0.1) is 0 Å². The van der Waals surface area contributed by atoms with Gasteiger partial charge in [-0.3, -0.25) is 14.4 Å². The van der Waals surface area contributed by atoms with Gasteiger partial charge in [0.15, 0.2) is 0 Å². The van der Waals surface area contributed by atoms with E-state index in [9.17, 15) is 14.4 Å². The lowest BCUT2D eigenvalue weighted by Crippen LogP contribution is -2.44. The first-order chi connectivity index (χ1) is 14.1. The molecule has 0 radical (unpaired) electrons. The van der Waals surface area contributed by atoms with Crippen LogP contribution >= 0.6 is 0 Å². The first kappa shape index (κ1) is 18.7. The van der Waals surface area contributed by atoms with Crippen LogP contribution in [0.4, 0.5) is 5.69 Å². The number of para-hydroxylation sites is 2. The molecule has 0 saturated heterocycles. The number of nitrogens with zero attached hydrogens (tertiary/aromatic N) is 1. The molecule has 0 aliphatic carbocycles. The molecule has 1 atom stereocenters. The van der Waals surface area contributed by atoms with E-state index in [1.807, 2.05) is 18.3 Å². The molecule has 3 N–H and O–H groups in total. The number of rotatable bonds is 6. The highest BCUT2D eigenvalue weighted by atomic mass is 16.2. The minimum Gasteiger partial charge on any atom is -0.356 e. The number of benzene rings is 2. The average Bonchev–Trinajstić information content (AvgIpc) is 3.09. The van der Waals surface area contributed by atoms with E-state index < -0.39 is 11.9 Å². The fourth-order valence-corrected chi connectivity index (χ4v) is 3.53. The third-order valence-electron chi connectivity index (χ3n) is 5.02.